The van der Waals surface area contributed by atoms with Gasteiger partial charge in [-0.1, -0.05) is 36.2 Å². The molecule has 1 nitrogen and oxygen atoms in total. The van der Waals surface area contributed by atoms with Gasteiger partial charge in [0.05, 0.1) is 0 Å². The molecule has 0 heterocycles. The van der Waals surface area contributed by atoms with Crippen LogP contribution in [0.1, 0.15) is 18.1 Å². The van der Waals surface area contributed by atoms with E-state index in [9.17, 15) is 0 Å². The number of hydrogen-bond donors (Lipinski definition) is 0. The molecule has 0 spiro atoms. The quantitative estimate of drug-likeness (QED) is 0.683. The molecule has 0 fully saturated rings. The number of benzene rings is 1. The fourth-order valence-electron chi connectivity index (χ4n) is 2.10. The van der Waals surface area contributed by atoms with Gasteiger partial charge in [0, 0.05) is 0 Å². The van der Waals surface area contributed by atoms with E-state index in [2.05, 4.69) is 57.6 Å². The minimum absolute atomic E-state index is 0.867. The van der Waals surface area contributed by atoms with Crippen molar-refractivity contribution in [2.75, 3.05) is 14.1 Å². The first-order valence-electron chi connectivity index (χ1n) is 5.29. The highest BCUT2D eigenvalue weighted by molar-refractivity contribution is 6.70. The molecule has 1 aromatic rings. The Morgan fingerprint density at radius 3 is 1.93 bits per heavy atom. The summed E-state index contributed by atoms with van der Waals surface area (Å²) >= 11 is 0. The smallest absolute Gasteiger partial charge is 0.143 e. The van der Waals surface area contributed by atoms with E-state index in [1.165, 1.54) is 17.2 Å². The molecule has 0 bridgehead atoms. The van der Waals surface area contributed by atoms with Gasteiger partial charge in [-0.05, 0) is 39.2 Å². The van der Waals surface area contributed by atoms with Crippen molar-refractivity contribution in [1.82, 2.24) is 4.57 Å². The zero-order chi connectivity index (χ0) is 10.7. The molecule has 1 rings (SSSR count). The fourth-order valence-corrected chi connectivity index (χ4v) is 4.81. The number of hydrogen-bond acceptors (Lipinski definition) is 1. The van der Waals surface area contributed by atoms with Crippen molar-refractivity contribution in [2.24, 2.45) is 0 Å². The summed E-state index contributed by atoms with van der Waals surface area (Å²) in [4.78, 5) is 0. The van der Waals surface area contributed by atoms with Crippen LogP contribution >= 0.6 is 0 Å². The first-order valence-corrected chi connectivity index (χ1v) is 7.20. The van der Waals surface area contributed by atoms with Crippen LogP contribution in [0, 0.1) is 13.8 Å². The second-order valence-corrected chi connectivity index (χ2v) is 7.86. The molecule has 2 heteroatoms. The van der Waals surface area contributed by atoms with Gasteiger partial charge < -0.3 is 4.57 Å². The summed E-state index contributed by atoms with van der Waals surface area (Å²) in [5.41, 5.74) is 2.79. The topological polar surface area (TPSA) is 3.24 Å². The van der Waals surface area contributed by atoms with Crippen LogP contribution in [-0.2, 0) is 0 Å². The molecule has 0 saturated carbocycles. The lowest BCUT2D eigenvalue weighted by molar-refractivity contribution is 0.646. The minimum atomic E-state index is -0.867. The van der Waals surface area contributed by atoms with Gasteiger partial charge in [0.2, 0.25) is 0 Å². The zero-order valence-electron chi connectivity index (χ0n) is 9.96. The van der Waals surface area contributed by atoms with Crippen LogP contribution in [0.25, 0.3) is 0 Å². The Labute approximate surface area is 89.4 Å². The summed E-state index contributed by atoms with van der Waals surface area (Å²) in [6.45, 7) is 6.68. The normalized spacial score (nSPS) is 13.3. The molecule has 0 aliphatic heterocycles. The van der Waals surface area contributed by atoms with E-state index in [0.717, 1.165) is 0 Å². The largest absolute Gasteiger partial charge is 0.328 e. The van der Waals surface area contributed by atoms with E-state index in [-0.39, 0.29) is 0 Å². The van der Waals surface area contributed by atoms with Crippen LogP contribution in [-0.4, -0.2) is 27.6 Å². The Bertz CT molecular complexity index is 287. The van der Waals surface area contributed by atoms with Crippen LogP contribution in [0.3, 0.4) is 0 Å². The zero-order valence-corrected chi connectivity index (χ0v) is 11.1. The van der Waals surface area contributed by atoms with Gasteiger partial charge in [-0.25, -0.2) is 0 Å². The van der Waals surface area contributed by atoms with E-state index >= 15 is 0 Å². The third-order valence-electron chi connectivity index (χ3n) is 2.64. The van der Waals surface area contributed by atoms with E-state index in [1.807, 2.05) is 0 Å². The molecule has 0 aliphatic carbocycles. The molecule has 0 aliphatic rings. The van der Waals surface area contributed by atoms with E-state index in [0.29, 0.717) is 0 Å². The number of nitrogens with zero attached hydrogens (tertiary/aromatic N) is 1. The number of rotatable bonds is 3. The van der Waals surface area contributed by atoms with E-state index < -0.39 is 8.96 Å². The molecular formula is C12H21NSi. The van der Waals surface area contributed by atoms with Crippen LogP contribution < -0.4 is 5.19 Å². The van der Waals surface area contributed by atoms with Crippen molar-refractivity contribution in [3.05, 3.63) is 29.3 Å². The third kappa shape index (κ3) is 2.69. The van der Waals surface area contributed by atoms with Gasteiger partial charge >= 0.3 is 0 Å². The summed E-state index contributed by atoms with van der Waals surface area (Å²) < 4.78 is 2.42. The first-order chi connectivity index (χ1) is 6.54. The third-order valence-corrected chi connectivity index (χ3v) is 5.76. The van der Waals surface area contributed by atoms with Gasteiger partial charge in [0.1, 0.15) is 8.96 Å². The van der Waals surface area contributed by atoms with Crippen LogP contribution in [0.5, 0.6) is 0 Å². The lowest BCUT2D eigenvalue weighted by Gasteiger charge is -2.22. The van der Waals surface area contributed by atoms with Crippen molar-refractivity contribution < 1.29 is 0 Å². The molecular weight excluding hydrogens is 186 g/mol. The maximum absolute atomic E-state index is 2.42. The molecule has 0 N–H and O–H groups in total. The van der Waals surface area contributed by atoms with Crippen LogP contribution in [0.4, 0.5) is 0 Å². The second-order valence-electron chi connectivity index (χ2n) is 4.31. The molecule has 0 aromatic heterocycles. The summed E-state index contributed by atoms with van der Waals surface area (Å²) in [6.07, 6.45) is 0. The van der Waals surface area contributed by atoms with E-state index in [1.54, 1.807) is 5.19 Å². The fraction of sp³-hybridized carbons (Fsp3) is 0.500. The van der Waals surface area contributed by atoms with Crippen molar-refractivity contribution in [3.8, 4) is 0 Å². The maximum Gasteiger partial charge on any atom is 0.143 e. The van der Waals surface area contributed by atoms with Gasteiger partial charge in [-0.2, -0.15) is 0 Å². The van der Waals surface area contributed by atoms with Crippen LogP contribution in [0.2, 0.25) is 6.04 Å². The molecule has 1 atom stereocenters. The Kier molecular flexibility index (Phi) is 3.90. The van der Waals surface area contributed by atoms with Crippen molar-refractivity contribution in [1.29, 1.82) is 0 Å². The molecule has 0 saturated heterocycles. The van der Waals surface area contributed by atoms with Gasteiger partial charge in [0.15, 0.2) is 0 Å². The lowest BCUT2D eigenvalue weighted by atomic mass is 10.2. The first kappa shape index (κ1) is 11.5. The average Bonchev–Trinajstić information content (AvgIpc) is 2.02. The predicted molar refractivity (Wildman–Crippen MR) is 66.9 cm³/mol. The molecule has 0 amide bonds. The van der Waals surface area contributed by atoms with Gasteiger partial charge in [-0.15, -0.1) is 0 Å². The maximum atomic E-state index is 2.42. The Morgan fingerprint density at radius 1 is 1.07 bits per heavy atom. The molecule has 0 radical (unpaired) electrons. The minimum Gasteiger partial charge on any atom is -0.328 e. The standard InChI is InChI=1S/C12H21NSi/c1-6-14(13(4)5)12-8-10(2)7-11(3)9-12/h7-9,14H,6H2,1-5H3. The highest BCUT2D eigenvalue weighted by Crippen LogP contribution is 2.04. The second kappa shape index (κ2) is 4.76. The highest BCUT2D eigenvalue weighted by Gasteiger charge is 2.14. The Morgan fingerprint density at radius 2 is 1.57 bits per heavy atom. The SMILES string of the molecule is CC[SiH](c1cc(C)cc(C)c1)N(C)C. The van der Waals surface area contributed by atoms with Crippen molar-refractivity contribution in [2.45, 2.75) is 26.8 Å². The van der Waals surface area contributed by atoms with Gasteiger partial charge in [0.25, 0.3) is 0 Å². The molecule has 1 unspecified atom stereocenters. The summed E-state index contributed by atoms with van der Waals surface area (Å²) in [5, 5.41) is 1.58. The number of aryl methyl sites for hydroxylation is 2. The van der Waals surface area contributed by atoms with Crippen LogP contribution in [0.15, 0.2) is 18.2 Å². The summed E-state index contributed by atoms with van der Waals surface area (Å²) in [5.74, 6) is 0. The van der Waals surface area contributed by atoms with Crippen molar-refractivity contribution >= 4 is 14.1 Å². The monoisotopic (exact) mass is 207 g/mol. The Hall–Kier alpha value is -0.603. The summed E-state index contributed by atoms with van der Waals surface area (Å²) in [7, 11) is 3.55. The molecule has 1 aromatic carbocycles. The summed E-state index contributed by atoms with van der Waals surface area (Å²) in [6, 6.07) is 8.26. The lowest BCUT2D eigenvalue weighted by Crippen LogP contribution is -2.43. The molecule has 78 valence electrons. The van der Waals surface area contributed by atoms with Gasteiger partial charge in [-0.3, -0.25) is 0 Å². The highest BCUT2D eigenvalue weighted by atomic mass is 28.3. The Balaban J connectivity index is 3.04. The average molecular weight is 207 g/mol. The van der Waals surface area contributed by atoms with Crippen molar-refractivity contribution in [3.63, 3.8) is 0 Å². The molecule has 14 heavy (non-hydrogen) atoms. The van der Waals surface area contributed by atoms with E-state index in [4.69, 9.17) is 0 Å². The predicted octanol–water partition coefficient (Wildman–Crippen LogP) is 1.82.